The average Bonchev–Trinajstić information content (AvgIpc) is 3.23. The smallest absolute Gasteiger partial charge is 0.280 e. The van der Waals surface area contributed by atoms with Crippen LogP contribution < -0.4 is 0 Å². The van der Waals surface area contributed by atoms with Gasteiger partial charge in [-0.05, 0) is 19.1 Å². The quantitative estimate of drug-likeness (QED) is 0.571. The summed E-state index contributed by atoms with van der Waals surface area (Å²) in [5, 5.41) is 11.8. The number of nitrogens with zero attached hydrogens (tertiary/aromatic N) is 5. The molecule has 0 radical (unpaired) electrons. The highest BCUT2D eigenvalue weighted by Gasteiger charge is 2.20. The van der Waals surface area contributed by atoms with Gasteiger partial charge in [-0.15, -0.1) is 5.10 Å². The number of halogens is 2. The van der Waals surface area contributed by atoms with E-state index in [1.807, 2.05) is 30.3 Å². The van der Waals surface area contributed by atoms with Crippen molar-refractivity contribution in [1.82, 2.24) is 25.1 Å². The number of rotatable bonds is 3. The highest BCUT2D eigenvalue weighted by atomic mass is 19.1. The van der Waals surface area contributed by atoms with Crippen LogP contribution in [-0.4, -0.2) is 25.1 Å². The van der Waals surface area contributed by atoms with Crippen molar-refractivity contribution in [3.8, 4) is 28.7 Å². The molecule has 0 aliphatic rings. The summed E-state index contributed by atoms with van der Waals surface area (Å²) < 4.78 is 33.6. The molecular weight excluding hydrogens is 328 g/mol. The molecule has 2 heterocycles. The predicted molar refractivity (Wildman–Crippen MR) is 84.7 cm³/mol. The maximum Gasteiger partial charge on any atom is 0.280 e. The molecule has 6 nitrogen and oxygen atoms in total. The van der Waals surface area contributed by atoms with E-state index < -0.39 is 11.6 Å². The molecule has 0 amide bonds. The topological polar surface area (TPSA) is 69.6 Å². The Morgan fingerprint density at radius 2 is 1.84 bits per heavy atom. The third-order valence-electron chi connectivity index (χ3n) is 3.69. The Bertz CT molecular complexity index is 1040. The zero-order chi connectivity index (χ0) is 17.4. The van der Waals surface area contributed by atoms with E-state index in [4.69, 9.17) is 4.52 Å². The molecule has 0 atom stereocenters. The van der Waals surface area contributed by atoms with Crippen LogP contribution in [0.15, 0.2) is 53.1 Å². The third-order valence-corrected chi connectivity index (χ3v) is 3.69. The molecule has 0 spiro atoms. The van der Waals surface area contributed by atoms with Crippen LogP contribution in [0.5, 0.6) is 0 Å². The highest BCUT2D eigenvalue weighted by molar-refractivity contribution is 5.58. The van der Waals surface area contributed by atoms with Gasteiger partial charge in [-0.2, -0.15) is 4.98 Å². The van der Waals surface area contributed by atoms with E-state index in [1.54, 1.807) is 6.92 Å². The van der Waals surface area contributed by atoms with Gasteiger partial charge in [0.25, 0.3) is 5.89 Å². The molecule has 0 saturated carbocycles. The molecule has 0 bridgehead atoms. The van der Waals surface area contributed by atoms with Gasteiger partial charge >= 0.3 is 0 Å². The standard InChI is InChI=1S/C17H11F2N5O/c1-10-15(17-20-16(22-25-17)11-5-3-2-4-6-11)21-23-24(10)14-8-7-12(18)9-13(14)19/h2-9H,1H3. The van der Waals surface area contributed by atoms with Gasteiger partial charge in [-0.25, -0.2) is 13.5 Å². The van der Waals surface area contributed by atoms with E-state index in [2.05, 4.69) is 20.5 Å². The van der Waals surface area contributed by atoms with Crippen LogP contribution >= 0.6 is 0 Å². The molecule has 0 aliphatic heterocycles. The molecule has 0 unspecified atom stereocenters. The maximum absolute atomic E-state index is 14.0. The Balaban J connectivity index is 1.74. The van der Waals surface area contributed by atoms with Crippen LogP contribution in [0.3, 0.4) is 0 Å². The van der Waals surface area contributed by atoms with Crippen LogP contribution in [-0.2, 0) is 0 Å². The Hall–Kier alpha value is -3.42. The fourth-order valence-corrected chi connectivity index (χ4v) is 2.43. The lowest BCUT2D eigenvalue weighted by molar-refractivity contribution is 0.430. The molecule has 2 aromatic heterocycles. The van der Waals surface area contributed by atoms with Crippen molar-refractivity contribution in [3.63, 3.8) is 0 Å². The van der Waals surface area contributed by atoms with Gasteiger partial charge in [-0.1, -0.05) is 40.7 Å². The average molecular weight is 339 g/mol. The first-order chi connectivity index (χ1) is 12.1. The summed E-state index contributed by atoms with van der Waals surface area (Å²) in [4.78, 5) is 4.31. The Kier molecular flexibility index (Phi) is 3.57. The van der Waals surface area contributed by atoms with E-state index in [1.165, 1.54) is 10.7 Å². The maximum atomic E-state index is 14.0. The van der Waals surface area contributed by atoms with Crippen molar-refractivity contribution in [1.29, 1.82) is 0 Å². The van der Waals surface area contributed by atoms with Gasteiger partial charge in [-0.3, -0.25) is 0 Å². The molecule has 0 aliphatic carbocycles. The largest absolute Gasteiger partial charge is 0.332 e. The lowest BCUT2D eigenvalue weighted by Gasteiger charge is -2.04. The van der Waals surface area contributed by atoms with Gasteiger partial charge < -0.3 is 4.52 Å². The summed E-state index contributed by atoms with van der Waals surface area (Å²) >= 11 is 0. The van der Waals surface area contributed by atoms with Gasteiger partial charge in [0.2, 0.25) is 5.82 Å². The zero-order valence-electron chi connectivity index (χ0n) is 13.0. The van der Waals surface area contributed by atoms with Crippen molar-refractivity contribution < 1.29 is 13.3 Å². The lowest BCUT2D eigenvalue weighted by atomic mass is 10.2. The SMILES string of the molecule is Cc1c(-c2nc(-c3ccccc3)no2)nnn1-c1ccc(F)cc1F. The molecule has 8 heteroatoms. The summed E-state index contributed by atoms with van der Waals surface area (Å²) in [5.41, 5.74) is 1.71. The van der Waals surface area contributed by atoms with E-state index in [9.17, 15) is 8.78 Å². The number of hydrogen-bond donors (Lipinski definition) is 0. The van der Waals surface area contributed by atoms with Crippen LogP contribution in [0, 0.1) is 18.6 Å². The van der Waals surface area contributed by atoms with Crippen LogP contribution in [0.2, 0.25) is 0 Å². The second-order valence-electron chi connectivity index (χ2n) is 5.32. The Labute approximate surface area is 140 Å². The van der Waals surface area contributed by atoms with Crippen molar-refractivity contribution in [2.24, 2.45) is 0 Å². The molecule has 4 aromatic rings. The van der Waals surface area contributed by atoms with Crippen LogP contribution in [0.25, 0.3) is 28.7 Å². The van der Waals surface area contributed by atoms with Gasteiger partial charge in [0, 0.05) is 11.6 Å². The summed E-state index contributed by atoms with van der Waals surface area (Å²) in [6, 6.07) is 12.6. The number of hydrogen-bond acceptors (Lipinski definition) is 5. The second-order valence-corrected chi connectivity index (χ2v) is 5.32. The minimum atomic E-state index is -0.741. The summed E-state index contributed by atoms with van der Waals surface area (Å²) in [6.07, 6.45) is 0. The first-order valence-corrected chi connectivity index (χ1v) is 7.41. The lowest BCUT2D eigenvalue weighted by Crippen LogP contribution is -2.02. The van der Waals surface area contributed by atoms with E-state index in [0.717, 1.165) is 17.7 Å². The van der Waals surface area contributed by atoms with Gasteiger partial charge in [0.05, 0.1) is 5.69 Å². The normalized spacial score (nSPS) is 11.0. The Morgan fingerprint density at radius 3 is 2.60 bits per heavy atom. The summed E-state index contributed by atoms with van der Waals surface area (Å²) in [5.74, 6) is -0.818. The van der Waals surface area contributed by atoms with Crippen molar-refractivity contribution in [2.75, 3.05) is 0 Å². The first-order valence-electron chi connectivity index (χ1n) is 7.41. The van der Waals surface area contributed by atoms with E-state index >= 15 is 0 Å². The molecule has 25 heavy (non-hydrogen) atoms. The Morgan fingerprint density at radius 1 is 1.04 bits per heavy atom. The minimum absolute atomic E-state index is 0.0837. The molecule has 4 rings (SSSR count). The zero-order valence-corrected chi connectivity index (χ0v) is 13.0. The first kappa shape index (κ1) is 15.1. The summed E-state index contributed by atoms with van der Waals surface area (Å²) in [7, 11) is 0. The van der Waals surface area contributed by atoms with Crippen LogP contribution in [0.1, 0.15) is 5.69 Å². The number of benzene rings is 2. The van der Waals surface area contributed by atoms with Crippen molar-refractivity contribution in [3.05, 3.63) is 65.9 Å². The van der Waals surface area contributed by atoms with Crippen LogP contribution in [0.4, 0.5) is 8.78 Å². The predicted octanol–water partition coefficient (Wildman–Crippen LogP) is 3.57. The monoisotopic (exact) mass is 339 g/mol. The second kappa shape index (κ2) is 5.90. The third kappa shape index (κ3) is 2.67. The van der Waals surface area contributed by atoms with E-state index in [-0.39, 0.29) is 11.6 Å². The molecule has 0 fully saturated rings. The summed E-state index contributed by atoms with van der Waals surface area (Å²) in [6.45, 7) is 1.69. The molecule has 0 N–H and O–H groups in total. The minimum Gasteiger partial charge on any atom is -0.332 e. The number of aromatic nitrogens is 5. The molecule has 0 saturated heterocycles. The fourth-order valence-electron chi connectivity index (χ4n) is 2.43. The van der Waals surface area contributed by atoms with E-state index in [0.29, 0.717) is 17.2 Å². The molecule has 124 valence electrons. The molecule has 2 aromatic carbocycles. The van der Waals surface area contributed by atoms with Crippen molar-refractivity contribution >= 4 is 0 Å². The fraction of sp³-hybridized carbons (Fsp3) is 0.0588. The highest BCUT2D eigenvalue weighted by Crippen LogP contribution is 2.25. The molecular formula is C17H11F2N5O. The van der Waals surface area contributed by atoms with Gasteiger partial charge in [0.15, 0.2) is 11.5 Å². The van der Waals surface area contributed by atoms with Gasteiger partial charge in [0.1, 0.15) is 11.5 Å². The van der Waals surface area contributed by atoms with Crippen molar-refractivity contribution in [2.45, 2.75) is 6.92 Å².